The van der Waals surface area contributed by atoms with Gasteiger partial charge in [-0.15, -0.1) is 0 Å². The van der Waals surface area contributed by atoms with Crippen molar-refractivity contribution in [1.29, 1.82) is 0 Å². The summed E-state index contributed by atoms with van der Waals surface area (Å²) in [5, 5.41) is -5.85. The number of unbranched alkanes of at least 4 members (excludes halogenated alkanes) is 1. The Labute approximate surface area is 189 Å². The van der Waals surface area contributed by atoms with Gasteiger partial charge in [0.1, 0.15) is 0 Å². The van der Waals surface area contributed by atoms with Crippen LogP contribution in [0.1, 0.15) is 24.8 Å². The summed E-state index contributed by atoms with van der Waals surface area (Å²) in [5.41, 5.74) is 0.0893. The zero-order chi connectivity index (χ0) is 26.4. The monoisotopic (exact) mass is 524 g/mol. The van der Waals surface area contributed by atoms with Crippen LogP contribution in [0.15, 0.2) is 43.0 Å². The molecule has 0 fully saturated rings. The first-order valence-electron chi connectivity index (χ1n) is 9.27. The maximum absolute atomic E-state index is 13.8. The van der Waals surface area contributed by atoms with Crippen molar-refractivity contribution >= 4 is 21.9 Å². The number of ketones is 1. The zero-order valence-corrected chi connectivity index (χ0v) is 18.0. The first kappa shape index (κ1) is 29.5. The lowest BCUT2D eigenvalue weighted by Crippen LogP contribution is -2.58. The van der Waals surface area contributed by atoms with Crippen LogP contribution in [0.2, 0.25) is 0 Å². The Morgan fingerprint density at radius 1 is 1.00 bits per heavy atom. The van der Waals surface area contributed by atoms with Crippen LogP contribution in [-0.2, 0) is 35.6 Å². The van der Waals surface area contributed by atoms with Gasteiger partial charge in [-0.3, -0.25) is 9.35 Å². The summed E-state index contributed by atoms with van der Waals surface area (Å²) in [4.78, 5) is 24.0. The van der Waals surface area contributed by atoms with Crippen molar-refractivity contribution in [3.05, 3.63) is 48.6 Å². The number of esters is 1. The average molecular weight is 524 g/mol. The van der Waals surface area contributed by atoms with E-state index in [0.717, 1.165) is 0 Å². The molecule has 0 aliphatic carbocycles. The topological polar surface area (TPSA) is 107 Å². The highest BCUT2D eigenvalue weighted by Crippen LogP contribution is 2.42. The molecule has 34 heavy (non-hydrogen) atoms. The standard InChI is InChI=1S/C19H19F7O7S/c1-2-15(28)33-17(18(22,23)24,14(27)12-13-8-4-3-5-9-13)32-11-7-6-10-16(20,21)19(25,26)34(29,30)31/h2-5,8-9H,1,6-7,10-12H2,(H,29,30,31). The first-order valence-corrected chi connectivity index (χ1v) is 10.7. The minimum atomic E-state index is -6.48. The SMILES string of the molecule is C=CC(=O)OC(OCCCCC(F)(F)C(F)(F)S(=O)(=O)O)(C(=O)Cc1ccccc1)C(F)(F)F. The molecule has 1 aromatic carbocycles. The summed E-state index contributed by atoms with van der Waals surface area (Å²) in [6.45, 7) is 1.73. The van der Waals surface area contributed by atoms with Crippen molar-refractivity contribution in [3.63, 3.8) is 0 Å². The van der Waals surface area contributed by atoms with Crippen LogP contribution in [0.3, 0.4) is 0 Å². The molecule has 0 aliphatic heterocycles. The van der Waals surface area contributed by atoms with Gasteiger partial charge < -0.3 is 9.47 Å². The van der Waals surface area contributed by atoms with Gasteiger partial charge in [0.25, 0.3) is 0 Å². The number of Topliss-reactive ketones (excluding diaryl/α,β-unsaturated/α-hetero) is 1. The highest BCUT2D eigenvalue weighted by molar-refractivity contribution is 7.87. The van der Waals surface area contributed by atoms with Crippen molar-refractivity contribution in [1.82, 2.24) is 0 Å². The Morgan fingerprint density at radius 2 is 1.56 bits per heavy atom. The largest absolute Gasteiger partial charge is 0.464 e. The number of carbonyl (C=O) groups excluding carboxylic acids is 2. The summed E-state index contributed by atoms with van der Waals surface area (Å²) < 4.78 is 133. The van der Waals surface area contributed by atoms with Gasteiger partial charge in [0.2, 0.25) is 5.78 Å². The van der Waals surface area contributed by atoms with Gasteiger partial charge in [-0.1, -0.05) is 36.9 Å². The molecule has 1 atom stereocenters. The molecule has 1 unspecified atom stereocenters. The van der Waals surface area contributed by atoms with E-state index < -0.39 is 77.3 Å². The van der Waals surface area contributed by atoms with E-state index in [9.17, 15) is 48.7 Å². The van der Waals surface area contributed by atoms with Crippen LogP contribution >= 0.6 is 0 Å². The summed E-state index contributed by atoms with van der Waals surface area (Å²) >= 11 is 0. The molecule has 15 heteroatoms. The second-order valence-electron chi connectivity index (χ2n) is 6.83. The zero-order valence-electron chi connectivity index (χ0n) is 17.2. The van der Waals surface area contributed by atoms with Crippen molar-refractivity contribution in [2.75, 3.05) is 6.61 Å². The molecular weight excluding hydrogens is 505 g/mol. The van der Waals surface area contributed by atoms with E-state index in [1.807, 2.05) is 0 Å². The van der Waals surface area contributed by atoms with E-state index in [1.54, 1.807) is 0 Å². The molecule has 192 valence electrons. The number of hydrogen-bond donors (Lipinski definition) is 1. The Hall–Kier alpha value is -2.52. The summed E-state index contributed by atoms with van der Waals surface area (Å²) in [7, 11) is -6.48. The van der Waals surface area contributed by atoms with E-state index >= 15 is 0 Å². The molecule has 0 amide bonds. The number of carbonyl (C=O) groups is 2. The molecule has 0 radical (unpaired) electrons. The van der Waals surface area contributed by atoms with Crippen molar-refractivity contribution in [2.45, 2.75) is 48.8 Å². The van der Waals surface area contributed by atoms with Gasteiger partial charge in [0.15, 0.2) is 0 Å². The Bertz CT molecular complexity index is 978. The van der Waals surface area contributed by atoms with Crippen molar-refractivity contribution in [3.8, 4) is 0 Å². The molecular formula is C19H19F7O7S. The molecule has 1 N–H and O–H groups in total. The van der Waals surface area contributed by atoms with E-state index in [-0.39, 0.29) is 5.56 Å². The summed E-state index contributed by atoms with van der Waals surface area (Å²) in [6.07, 6.45) is -9.94. The van der Waals surface area contributed by atoms with E-state index in [4.69, 9.17) is 4.55 Å². The fraction of sp³-hybridized carbons (Fsp3) is 0.474. The molecule has 0 spiro atoms. The van der Waals surface area contributed by atoms with Gasteiger partial charge in [-0.2, -0.15) is 39.2 Å². The van der Waals surface area contributed by atoms with Gasteiger partial charge in [0.05, 0.1) is 6.61 Å². The van der Waals surface area contributed by atoms with Crippen LogP contribution in [0.4, 0.5) is 30.7 Å². The minimum absolute atomic E-state index is 0.0893. The number of ether oxygens (including phenoxy) is 2. The minimum Gasteiger partial charge on any atom is -0.413 e. The lowest BCUT2D eigenvalue weighted by molar-refractivity contribution is -0.345. The Kier molecular flexibility index (Phi) is 9.39. The van der Waals surface area contributed by atoms with Crippen molar-refractivity contribution < 1.29 is 62.8 Å². The Balaban J connectivity index is 3.03. The van der Waals surface area contributed by atoms with Crippen LogP contribution in [-0.4, -0.2) is 54.5 Å². The van der Waals surface area contributed by atoms with Gasteiger partial charge in [0, 0.05) is 18.9 Å². The third kappa shape index (κ3) is 6.76. The average Bonchev–Trinajstić information content (AvgIpc) is 2.71. The van der Waals surface area contributed by atoms with Gasteiger partial charge >= 0.3 is 39.2 Å². The molecule has 0 aliphatic rings. The maximum atomic E-state index is 13.8. The second kappa shape index (κ2) is 10.8. The molecule has 1 rings (SSSR count). The lowest BCUT2D eigenvalue weighted by Gasteiger charge is -2.33. The molecule has 0 saturated heterocycles. The molecule has 0 heterocycles. The number of hydrogen-bond acceptors (Lipinski definition) is 6. The first-order chi connectivity index (χ1) is 15.4. The second-order valence-corrected chi connectivity index (χ2v) is 8.29. The van der Waals surface area contributed by atoms with Gasteiger partial charge in [-0.25, -0.2) is 4.79 Å². The molecule has 0 saturated carbocycles. The van der Waals surface area contributed by atoms with Crippen LogP contribution < -0.4 is 0 Å². The Morgan fingerprint density at radius 3 is 2.03 bits per heavy atom. The third-order valence-electron chi connectivity index (χ3n) is 4.30. The molecule has 0 bridgehead atoms. The van der Waals surface area contributed by atoms with Crippen LogP contribution in [0, 0.1) is 0 Å². The number of alkyl halides is 7. The van der Waals surface area contributed by atoms with Crippen LogP contribution in [0.5, 0.6) is 0 Å². The highest BCUT2D eigenvalue weighted by Gasteiger charge is 2.66. The van der Waals surface area contributed by atoms with Gasteiger partial charge in [-0.05, 0) is 18.4 Å². The fourth-order valence-corrected chi connectivity index (χ4v) is 3.02. The third-order valence-corrected chi connectivity index (χ3v) is 5.25. The van der Waals surface area contributed by atoms with Crippen molar-refractivity contribution in [2.24, 2.45) is 0 Å². The number of benzene rings is 1. The lowest BCUT2D eigenvalue weighted by atomic mass is 10.0. The smallest absolute Gasteiger partial charge is 0.413 e. The van der Waals surface area contributed by atoms with E-state index in [0.29, 0.717) is 6.08 Å². The van der Waals surface area contributed by atoms with Crippen LogP contribution in [0.25, 0.3) is 0 Å². The number of halogens is 7. The summed E-state index contributed by atoms with van der Waals surface area (Å²) in [6, 6.07) is 6.94. The molecule has 7 nitrogen and oxygen atoms in total. The number of rotatable bonds is 13. The summed E-state index contributed by atoms with van der Waals surface area (Å²) in [5.74, 6) is -12.9. The van der Waals surface area contributed by atoms with E-state index in [2.05, 4.69) is 16.1 Å². The fourth-order valence-electron chi connectivity index (χ4n) is 2.54. The highest BCUT2D eigenvalue weighted by atomic mass is 32.2. The maximum Gasteiger partial charge on any atom is 0.464 e. The predicted octanol–water partition coefficient (Wildman–Crippen LogP) is 4.09. The normalized spacial score (nSPS) is 14.8. The molecule has 1 aromatic rings. The quantitative estimate of drug-likeness (QED) is 0.103. The molecule has 0 aromatic heterocycles. The van der Waals surface area contributed by atoms with E-state index in [1.165, 1.54) is 30.3 Å². The predicted molar refractivity (Wildman–Crippen MR) is 101 cm³/mol.